The van der Waals surface area contributed by atoms with Crippen LogP contribution in [0, 0.1) is 23.0 Å². The van der Waals surface area contributed by atoms with Gasteiger partial charge in [0.05, 0.1) is 40.6 Å². The van der Waals surface area contributed by atoms with Crippen LogP contribution < -0.4 is 20.9 Å². The molecule has 3 fully saturated rings. The Bertz CT molecular complexity index is 1940. The molecule has 0 saturated carbocycles. The zero-order chi connectivity index (χ0) is 29.6. The van der Waals surface area contributed by atoms with Gasteiger partial charge in [0.25, 0.3) is 5.56 Å². The number of hydrogen-bond acceptors (Lipinski definition) is 10. The van der Waals surface area contributed by atoms with Crippen LogP contribution >= 0.6 is 11.3 Å². The number of pyridine rings is 1. The molecule has 10 nitrogen and oxygen atoms in total. The maximum atomic E-state index is 16.8. The Morgan fingerprint density at radius 3 is 2.84 bits per heavy atom. The van der Waals surface area contributed by atoms with Gasteiger partial charge in [-0.1, -0.05) is 6.07 Å². The van der Waals surface area contributed by atoms with E-state index in [1.165, 1.54) is 10.6 Å². The number of thiophene rings is 1. The topological polar surface area (TPSA) is 123 Å². The van der Waals surface area contributed by atoms with E-state index >= 15 is 4.39 Å². The Hall–Kier alpha value is -3.93. The second-order valence-corrected chi connectivity index (χ2v) is 12.7. The number of nitriles is 1. The van der Waals surface area contributed by atoms with Crippen molar-refractivity contribution in [3.8, 4) is 23.2 Å². The van der Waals surface area contributed by atoms with E-state index < -0.39 is 28.9 Å². The number of alkyl halides is 1. The molecule has 0 bridgehead atoms. The molecule has 0 aliphatic carbocycles. The number of halogens is 3. The minimum atomic E-state index is -0.942. The molecule has 3 saturated heterocycles. The van der Waals surface area contributed by atoms with E-state index in [-0.39, 0.29) is 68.0 Å². The molecule has 0 radical (unpaired) electrons. The highest BCUT2D eigenvalue weighted by molar-refractivity contribution is 7.23. The molecule has 0 amide bonds. The number of ether oxygens (including phenoxy) is 2. The lowest BCUT2D eigenvalue weighted by atomic mass is 9.95. The first kappa shape index (κ1) is 26.7. The summed E-state index contributed by atoms with van der Waals surface area (Å²) < 4.78 is 59.0. The number of nitrogens with zero attached hydrogens (tertiary/aromatic N) is 6. The quantitative estimate of drug-likeness (QED) is 0.362. The van der Waals surface area contributed by atoms with Gasteiger partial charge in [-0.2, -0.15) is 15.2 Å². The lowest BCUT2D eigenvalue weighted by Gasteiger charge is -2.41. The van der Waals surface area contributed by atoms with Gasteiger partial charge in [0.1, 0.15) is 40.7 Å². The molecule has 3 aromatic heterocycles. The van der Waals surface area contributed by atoms with E-state index in [0.29, 0.717) is 38.5 Å². The molecule has 1 aromatic carbocycles. The molecule has 0 unspecified atom stereocenters. The van der Waals surface area contributed by atoms with Crippen LogP contribution in [-0.2, 0) is 11.3 Å². The van der Waals surface area contributed by atoms with Crippen LogP contribution in [0.3, 0.4) is 0 Å². The van der Waals surface area contributed by atoms with Crippen molar-refractivity contribution in [2.24, 2.45) is 0 Å². The van der Waals surface area contributed by atoms with Crippen molar-refractivity contribution in [2.75, 3.05) is 50.1 Å². The van der Waals surface area contributed by atoms with E-state index in [9.17, 15) is 18.8 Å². The van der Waals surface area contributed by atoms with E-state index in [4.69, 9.17) is 15.2 Å². The number of anilines is 2. The van der Waals surface area contributed by atoms with E-state index in [1.54, 1.807) is 0 Å². The summed E-state index contributed by atoms with van der Waals surface area (Å²) in [6.07, 6.45) is 1.12. The van der Waals surface area contributed by atoms with Gasteiger partial charge in [0, 0.05) is 37.0 Å². The van der Waals surface area contributed by atoms with Crippen LogP contribution in [-0.4, -0.2) is 76.6 Å². The van der Waals surface area contributed by atoms with Gasteiger partial charge in [-0.15, -0.1) is 11.3 Å². The monoisotopic (exact) mass is 609 g/mol. The van der Waals surface area contributed by atoms with Gasteiger partial charge < -0.3 is 24.7 Å². The predicted molar refractivity (Wildman–Crippen MR) is 154 cm³/mol. The van der Waals surface area contributed by atoms with Gasteiger partial charge in [0.15, 0.2) is 11.6 Å². The van der Waals surface area contributed by atoms with Gasteiger partial charge >= 0.3 is 6.01 Å². The highest BCUT2D eigenvalue weighted by Crippen LogP contribution is 2.43. The van der Waals surface area contributed by atoms with Crippen molar-refractivity contribution in [1.29, 1.82) is 5.26 Å². The van der Waals surface area contributed by atoms with E-state index in [2.05, 4.69) is 14.9 Å². The Morgan fingerprint density at radius 2 is 2.07 bits per heavy atom. The Balaban J connectivity index is 1.33. The minimum Gasteiger partial charge on any atom is -0.461 e. The highest BCUT2D eigenvalue weighted by Gasteiger charge is 2.49. The number of hydrogen-bond donors (Lipinski definition) is 1. The first-order valence-corrected chi connectivity index (χ1v) is 15.0. The van der Waals surface area contributed by atoms with Crippen LogP contribution in [0.4, 0.5) is 24.0 Å². The molecule has 4 aromatic rings. The van der Waals surface area contributed by atoms with Crippen LogP contribution in [0.2, 0.25) is 0 Å². The van der Waals surface area contributed by atoms with E-state index in [1.807, 2.05) is 11.0 Å². The van der Waals surface area contributed by atoms with Crippen LogP contribution in [0.5, 0.6) is 6.01 Å². The Labute approximate surface area is 247 Å². The lowest BCUT2D eigenvalue weighted by Crippen LogP contribution is -2.53. The summed E-state index contributed by atoms with van der Waals surface area (Å²) >= 11 is 0.872. The molecule has 43 heavy (non-hydrogen) atoms. The summed E-state index contributed by atoms with van der Waals surface area (Å²) in [6, 6.07) is 4.33. The summed E-state index contributed by atoms with van der Waals surface area (Å²) in [6.45, 7) is 2.86. The molecular formula is C29H26F3N7O3S. The number of fused-ring (bicyclic) bond motifs is 2. The van der Waals surface area contributed by atoms with Crippen molar-refractivity contribution in [3.05, 3.63) is 39.7 Å². The molecule has 7 heterocycles. The SMILES string of the molecule is N#Cc1c(N)sc2c(F)ccc(-c3c(F)c4nc(OC[C@@]56CCCN5C[C@H](F)C6)nc5c4n(c3=O)CCN5C3COC3)c12. The summed E-state index contributed by atoms with van der Waals surface area (Å²) in [5.74, 6) is -1.19. The second-order valence-electron chi connectivity index (χ2n) is 11.7. The second kappa shape index (κ2) is 9.54. The lowest BCUT2D eigenvalue weighted by molar-refractivity contribution is 0.00723. The van der Waals surface area contributed by atoms with Crippen molar-refractivity contribution in [3.63, 3.8) is 0 Å². The zero-order valence-electron chi connectivity index (χ0n) is 22.9. The fraction of sp³-hybridized carbons (Fsp3) is 0.448. The van der Waals surface area contributed by atoms with Crippen LogP contribution in [0.1, 0.15) is 24.8 Å². The third kappa shape index (κ3) is 3.81. The number of aromatic nitrogens is 3. The highest BCUT2D eigenvalue weighted by atomic mass is 32.1. The molecule has 4 aliphatic heterocycles. The molecule has 8 rings (SSSR count). The molecule has 4 aliphatic rings. The zero-order valence-corrected chi connectivity index (χ0v) is 23.7. The maximum absolute atomic E-state index is 16.8. The first-order chi connectivity index (χ1) is 20.8. The summed E-state index contributed by atoms with van der Waals surface area (Å²) in [5.41, 5.74) is 4.72. The number of benzene rings is 1. The standard InChI is InChI=1S/C29H26F3N7O3S/c30-14-8-29(4-1-5-37(29)10-14)13-42-28-35-22-21(32)20(16-2-3-18(31)24-19(16)17(9-33)25(34)43-24)27(40)39-7-6-38(15-11-41-12-15)26(36-28)23(22)39/h2-3,14-15H,1,4-8,10-13,34H2/t14-,29+/m1/s1. The smallest absolute Gasteiger partial charge is 0.319 e. The van der Waals surface area contributed by atoms with Crippen molar-refractivity contribution >= 4 is 43.3 Å². The van der Waals surface area contributed by atoms with Crippen LogP contribution in [0.25, 0.3) is 32.2 Å². The summed E-state index contributed by atoms with van der Waals surface area (Å²) in [5, 5.41) is 9.96. The Morgan fingerprint density at radius 1 is 1.23 bits per heavy atom. The molecule has 2 atom stereocenters. The normalized spacial score (nSPS) is 23.6. The van der Waals surface area contributed by atoms with Gasteiger partial charge in [-0.05, 0) is 25.5 Å². The van der Waals surface area contributed by atoms with E-state index in [0.717, 1.165) is 36.8 Å². The van der Waals surface area contributed by atoms with Gasteiger partial charge in [-0.3, -0.25) is 9.69 Å². The average Bonchev–Trinajstić information content (AvgIpc) is 3.60. The third-order valence-electron chi connectivity index (χ3n) is 9.33. The number of nitrogen functional groups attached to an aromatic ring is 1. The first-order valence-electron chi connectivity index (χ1n) is 14.2. The summed E-state index contributed by atoms with van der Waals surface area (Å²) in [7, 11) is 0. The maximum Gasteiger partial charge on any atom is 0.319 e. The average molecular weight is 610 g/mol. The van der Waals surface area contributed by atoms with Crippen molar-refractivity contribution in [1.82, 2.24) is 19.4 Å². The summed E-state index contributed by atoms with van der Waals surface area (Å²) in [4.78, 5) is 27.2. The molecule has 14 heteroatoms. The predicted octanol–water partition coefficient (Wildman–Crippen LogP) is 3.58. The third-order valence-corrected chi connectivity index (χ3v) is 10.4. The largest absolute Gasteiger partial charge is 0.461 e. The van der Waals surface area contributed by atoms with Gasteiger partial charge in [0.2, 0.25) is 0 Å². The molecule has 0 spiro atoms. The molecule has 222 valence electrons. The number of rotatable bonds is 5. The molecule has 2 N–H and O–H groups in total. The Kier molecular flexibility index (Phi) is 5.92. The number of nitrogens with two attached hydrogens (primary N) is 1. The fourth-order valence-electron chi connectivity index (χ4n) is 7.21. The van der Waals surface area contributed by atoms with Crippen LogP contribution in [0.15, 0.2) is 16.9 Å². The fourth-order valence-corrected chi connectivity index (χ4v) is 8.16. The van der Waals surface area contributed by atoms with Gasteiger partial charge in [-0.25, -0.2) is 13.2 Å². The minimum absolute atomic E-state index is 0.00715. The van der Waals surface area contributed by atoms with Crippen molar-refractivity contribution < 1.29 is 22.6 Å². The van der Waals surface area contributed by atoms with Crippen molar-refractivity contribution in [2.45, 2.75) is 43.6 Å². The molecular weight excluding hydrogens is 583 g/mol.